The summed E-state index contributed by atoms with van der Waals surface area (Å²) in [6, 6.07) is 4.81. The number of fused-ring (bicyclic) bond motifs is 1. The average Bonchev–Trinajstić information content (AvgIpc) is 2.89. The minimum absolute atomic E-state index is 0.130. The first-order valence-electron chi connectivity index (χ1n) is 5.58. The van der Waals surface area contributed by atoms with Crippen molar-refractivity contribution in [1.82, 2.24) is 10.6 Å². The molecule has 98 valence electrons. The lowest BCUT2D eigenvalue weighted by atomic mass is 10.2. The third kappa shape index (κ3) is 3.16. The minimum Gasteiger partial charge on any atom is -0.454 e. The summed E-state index contributed by atoms with van der Waals surface area (Å²) < 4.78 is 10.3. The Kier molecular flexibility index (Phi) is 3.88. The lowest BCUT2D eigenvalue weighted by Gasteiger charge is -2.05. The highest BCUT2D eigenvalue weighted by molar-refractivity contribution is 5.97. The van der Waals surface area contributed by atoms with Crippen molar-refractivity contribution in [3.63, 3.8) is 0 Å². The molecule has 0 saturated carbocycles. The van der Waals surface area contributed by atoms with Crippen LogP contribution in [-0.2, 0) is 4.79 Å². The molecule has 0 aromatic heterocycles. The zero-order valence-corrected chi connectivity index (χ0v) is 10.1. The Morgan fingerprint density at radius 2 is 2.05 bits per heavy atom. The molecular formula is C13H12N2O4. The Morgan fingerprint density at radius 3 is 2.84 bits per heavy atom. The van der Waals surface area contributed by atoms with E-state index in [1.165, 1.54) is 0 Å². The highest BCUT2D eigenvalue weighted by atomic mass is 16.7. The third-order valence-electron chi connectivity index (χ3n) is 2.43. The molecule has 19 heavy (non-hydrogen) atoms. The monoisotopic (exact) mass is 260 g/mol. The molecular weight excluding hydrogens is 248 g/mol. The molecule has 0 bridgehead atoms. The van der Waals surface area contributed by atoms with Crippen LogP contribution in [0.25, 0.3) is 0 Å². The Morgan fingerprint density at radius 1 is 1.26 bits per heavy atom. The molecule has 0 atom stereocenters. The van der Waals surface area contributed by atoms with Crippen LogP contribution in [-0.4, -0.2) is 31.7 Å². The van der Waals surface area contributed by atoms with E-state index in [4.69, 9.17) is 15.9 Å². The standard InChI is InChI=1S/C13H12N2O4/c1-2-5-14-12(16)7-15-13(17)9-3-4-10-11(6-9)19-8-18-10/h1,3-4,6H,5,7-8H2,(H,14,16)(H,15,17). The van der Waals surface area contributed by atoms with Crippen LogP contribution in [0.5, 0.6) is 11.5 Å². The van der Waals surface area contributed by atoms with Crippen LogP contribution in [0, 0.1) is 12.3 Å². The molecule has 1 aliphatic rings. The van der Waals surface area contributed by atoms with Gasteiger partial charge in [-0.15, -0.1) is 6.42 Å². The number of ether oxygens (including phenoxy) is 2. The van der Waals surface area contributed by atoms with Crippen molar-refractivity contribution >= 4 is 11.8 Å². The van der Waals surface area contributed by atoms with E-state index in [1.807, 2.05) is 0 Å². The molecule has 0 saturated heterocycles. The maximum Gasteiger partial charge on any atom is 0.251 e. The Labute approximate surface area is 110 Å². The topological polar surface area (TPSA) is 76.7 Å². The molecule has 2 rings (SSSR count). The van der Waals surface area contributed by atoms with Crippen LogP contribution in [0.15, 0.2) is 18.2 Å². The summed E-state index contributed by atoms with van der Waals surface area (Å²) in [4.78, 5) is 23.1. The van der Waals surface area contributed by atoms with Crippen molar-refractivity contribution in [2.24, 2.45) is 0 Å². The van der Waals surface area contributed by atoms with Crippen LogP contribution in [0.4, 0.5) is 0 Å². The van der Waals surface area contributed by atoms with Gasteiger partial charge < -0.3 is 20.1 Å². The first-order valence-corrected chi connectivity index (χ1v) is 5.58. The van der Waals surface area contributed by atoms with Crippen LogP contribution in [0.1, 0.15) is 10.4 Å². The second kappa shape index (κ2) is 5.78. The number of hydrogen-bond acceptors (Lipinski definition) is 4. The molecule has 0 fully saturated rings. The molecule has 1 aromatic carbocycles. The number of terminal acetylenes is 1. The van der Waals surface area contributed by atoms with Gasteiger partial charge in [0.15, 0.2) is 11.5 Å². The molecule has 0 spiro atoms. The maximum absolute atomic E-state index is 11.8. The van der Waals surface area contributed by atoms with E-state index in [-0.39, 0.29) is 31.7 Å². The quantitative estimate of drug-likeness (QED) is 0.741. The van der Waals surface area contributed by atoms with E-state index < -0.39 is 0 Å². The van der Waals surface area contributed by atoms with Crippen molar-refractivity contribution in [1.29, 1.82) is 0 Å². The van der Waals surface area contributed by atoms with Gasteiger partial charge in [0.25, 0.3) is 5.91 Å². The smallest absolute Gasteiger partial charge is 0.251 e. The lowest BCUT2D eigenvalue weighted by molar-refractivity contribution is -0.119. The molecule has 0 radical (unpaired) electrons. The second-order valence-electron chi connectivity index (χ2n) is 3.73. The SMILES string of the molecule is C#CCNC(=O)CNC(=O)c1ccc2c(c1)OCO2. The number of amides is 2. The summed E-state index contributed by atoms with van der Waals surface area (Å²) in [6.07, 6.45) is 5.00. The normalized spacial score (nSPS) is 11.5. The van der Waals surface area contributed by atoms with E-state index in [1.54, 1.807) is 18.2 Å². The fraction of sp³-hybridized carbons (Fsp3) is 0.231. The molecule has 0 unspecified atom stereocenters. The highest BCUT2D eigenvalue weighted by Gasteiger charge is 2.16. The fourth-order valence-electron chi connectivity index (χ4n) is 1.51. The third-order valence-corrected chi connectivity index (χ3v) is 2.43. The maximum atomic E-state index is 11.8. The van der Waals surface area contributed by atoms with Gasteiger partial charge in [-0.2, -0.15) is 0 Å². The predicted octanol–water partition coefficient (Wildman–Crippen LogP) is -0.106. The van der Waals surface area contributed by atoms with E-state index in [0.717, 1.165) is 0 Å². The number of rotatable bonds is 4. The number of nitrogens with one attached hydrogen (secondary N) is 2. The van der Waals surface area contributed by atoms with Crippen molar-refractivity contribution in [3.05, 3.63) is 23.8 Å². The Balaban J connectivity index is 1.90. The Hall–Kier alpha value is -2.68. The van der Waals surface area contributed by atoms with Gasteiger partial charge in [0.05, 0.1) is 13.1 Å². The largest absolute Gasteiger partial charge is 0.454 e. The van der Waals surface area contributed by atoms with Crippen LogP contribution in [0.2, 0.25) is 0 Å². The molecule has 6 heteroatoms. The van der Waals surface area contributed by atoms with Crippen molar-refractivity contribution in [3.8, 4) is 23.8 Å². The molecule has 0 aliphatic carbocycles. The van der Waals surface area contributed by atoms with Crippen molar-refractivity contribution in [2.45, 2.75) is 0 Å². The average molecular weight is 260 g/mol. The van der Waals surface area contributed by atoms with Crippen LogP contribution in [0.3, 0.4) is 0 Å². The summed E-state index contributed by atoms with van der Waals surface area (Å²) in [7, 11) is 0. The van der Waals surface area contributed by atoms with Crippen molar-refractivity contribution < 1.29 is 19.1 Å². The molecule has 1 heterocycles. The first kappa shape index (κ1) is 12.8. The van der Waals surface area contributed by atoms with Gasteiger partial charge in [-0.05, 0) is 18.2 Å². The van der Waals surface area contributed by atoms with Gasteiger partial charge in [0.1, 0.15) is 0 Å². The molecule has 2 amide bonds. The number of carbonyl (C=O) groups is 2. The highest BCUT2D eigenvalue weighted by Crippen LogP contribution is 2.32. The second-order valence-corrected chi connectivity index (χ2v) is 3.73. The minimum atomic E-state index is -0.367. The summed E-state index contributed by atoms with van der Waals surface area (Å²) >= 11 is 0. The number of hydrogen-bond donors (Lipinski definition) is 2. The molecule has 1 aliphatic heterocycles. The van der Waals surface area contributed by atoms with E-state index in [0.29, 0.717) is 17.1 Å². The number of benzene rings is 1. The van der Waals surface area contributed by atoms with Gasteiger partial charge in [-0.25, -0.2) is 0 Å². The van der Waals surface area contributed by atoms with Crippen molar-refractivity contribution in [2.75, 3.05) is 19.9 Å². The number of carbonyl (C=O) groups excluding carboxylic acids is 2. The molecule has 2 N–H and O–H groups in total. The van der Waals surface area contributed by atoms with Gasteiger partial charge in [-0.1, -0.05) is 5.92 Å². The van der Waals surface area contributed by atoms with E-state index in [9.17, 15) is 9.59 Å². The van der Waals surface area contributed by atoms with Gasteiger partial charge in [0.2, 0.25) is 12.7 Å². The Bertz CT molecular complexity index is 548. The fourth-order valence-corrected chi connectivity index (χ4v) is 1.51. The summed E-state index contributed by atoms with van der Waals surface area (Å²) in [6.45, 7) is 0.155. The van der Waals surface area contributed by atoms with E-state index in [2.05, 4.69) is 16.6 Å². The summed E-state index contributed by atoms with van der Waals surface area (Å²) in [5.41, 5.74) is 0.397. The van der Waals surface area contributed by atoms with Crippen LogP contribution < -0.4 is 20.1 Å². The molecule has 1 aromatic rings. The summed E-state index contributed by atoms with van der Waals surface area (Å²) in [5.74, 6) is 2.68. The predicted molar refractivity (Wildman–Crippen MR) is 66.7 cm³/mol. The first-order chi connectivity index (χ1) is 9.20. The van der Waals surface area contributed by atoms with E-state index >= 15 is 0 Å². The van der Waals surface area contributed by atoms with Crippen LogP contribution >= 0.6 is 0 Å². The zero-order valence-electron chi connectivity index (χ0n) is 10.1. The zero-order chi connectivity index (χ0) is 13.7. The molecule has 6 nitrogen and oxygen atoms in total. The lowest BCUT2D eigenvalue weighted by Crippen LogP contribution is -2.37. The van der Waals surface area contributed by atoms with Gasteiger partial charge in [0, 0.05) is 5.56 Å². The van der Waals surface area contributed by atoms with Gasteiger partial charge >= 0.3 is 0 Å². The summed E-state index contributed by atoms with van der Waals surface area (Å²) in [5, 5.41) is 4.93. The van der Waals surface area contributed by atoms with Gasteiger partial charge in [-0.3, -0.25) is 9.59 Å².